The van der Waals surface area contributed by atoms with E-state index in [9.17, 15) is 23.3 Å². The van der Waals surface area contributed by atoms with Gasteiger partial charge in [-0.15, -0.1) is 17.9 Å². The molecule has 9 nitrogen and oxygen atoms in total. The van der Waals surface area contributed by atoms with E-state index in [0.29, 0.717) is 0 Å². The van der Waals surface area contributed by atoms with E-state index in [0.717, 1.165) is 12.1 Å². The molecule has 2 heterocycles. The highest BCUT2D eigenvalue weighted by Gasteiger charge is 2.32. The second-order valence-electron chi connectivity index (χ2n) is 4.70. The number of hydrogen-bond acceptors (Lipinski definition) is 7. The van der Waals surface area contributed by atoms with Gasteiger partial charge in [-0.25, -0.2) is 0 Å². The van der Waals surface area contributed by atoms with E-state index in [1.807, 2.05) is 0 Å². The lowest BCUT2D eigenvalue weighted by Gasteiger charge is -2.21. The Morgan fingerprint density at radius 2 is 1.96 bits per heavy atom. The highest BCUT2D eigenvalue weighted by Crippen LogP contribution is 2.26. The number of nitrogens with zero attached hydrogens (tertiary/aromatic N) is 4. The second kappa shape index (κ2) is 5.86. The van der Waals surface area contributed by atoms with Gasteiger partial charge in [-0.2, -0.15) is 0 Å². The van der Waals surface area contributed by atoms with Crippen LogP contribution in [0, 0.1) is 10.1 Å². The number of ether oxygens (including phenoxy) is 3. The number of benzene rings is 1. The quantitative estimate of drug-likeness (QED) is 0.616. The lowest BCUT2D eigenvalue weighted by Crippen LogP contribution is -2.35. The molecule has 128 valence electrons. The first-order valence-corrected chi connectivity index (χ1v) is 6.55. The molecule has 0 amide bonds. The Labute approximate surface area is 131 Å². The zero-order valence-corrected chi connectivity index (χ0v) is 11.8. The maximum absolute atomic E-state index is 12.1. The van der Waals surface area contributed by atoms with Crippen LogP contribution in [-0.2, 0) is 6.54 Å². The van der Waals surface area contributed by atoms with Crippen LogP contribution >= 0.6 is 0 Å². The number of rotatable bonds is 4. The van der Waals surface area contributed by atoms with Crippen molar-refractivity contribution >= 4 is 5.95 Å². The predicted molar refractivity (Wildman–Crippen MR) is 69.7 cm³/mol. The third-order valence-corrected chi connectivity index (χ3v) is 2.92. The first-order chi connectivity index (χ1) is 11.3. The summed E-state index contributed by atoms with van der Waals surface area (Å²) in [7, 11) is 0. The highest BCUT2D eigenvalue weighted by molar-refractivity contribution is 5.31. The molecule has 0 saturated heterocycles. The van der Waals surface area contributed by atoms with Crippen LogP contribution in [0.1, 0.15) is 0 Å². The highest BCUT2D eigenvalue weighted by atomic mass is 19.4. The van der Waals surface area contributed by atoms with Gasteiger partial charge in [-0.3, -0.25) is 0 Å². The average molecular weight is 346 g/mol. The van der Waals surface area contributed by atoms with E-state index >= 15 is 0 Å². The molecule has 3 rings (SSSR count). The summed E-state index contributed by atoms with van der Waals surface area (Å²) in [5, 5.41) is 14.3. The van der Waals surface area contributed by atoms with Crippen LogP contribution in [-0.4, -0.2) is 38.8 Å². The summed E-state index contributed by atoms with van der Waals surface area (Å²) in [4.78, 5) is 13.5. The molecule has 0 spiro atoms. The smallest absolute Gasteiger partial charge is 0.485 e. The summed E-state index contributed by atoms with van der Waals surface area (Å²) >= 11 is 0. The van der Waals surface area contributed by atoms with Crippen molar-refractivity contribution in [2.75, 3.05) is 6.61 Å². The molecular weight excluding hydrogens is 337 g/mol. The van der Waals surface area contributed by atoms with Crippen molar-refractivity contribution in [3.05, 3.63) is 34.4 Å². The minimum absolute atomic E-state index is 0.00970. The van der Waals surface area contributed by atoms with E-state index in [-0.39, 0.29) is 30.7 Å². The van der Waals surface area contributed by atoms with Gasteiger partial charge in [0.2, 0.25) is 0 Å². The molecule has 1 unspecified atom stereocenters. The average Bonchev–Trinajstić information content (AvgIpc) is 2.91. The number of halogens is 3. The number of alkyl halides is 3. The van der Waals surface area contributed by atoms with Crippen LogP contribution < -0.4 is 14.2 Å². The summed E-state index contributed by atoms with van der Waals surface area (Å²) in [5.74, 6) is -0.667. The molecule has 2 aromatic rings. The number of aromatic nitrogens is 3. The van der Waals surface area contributed by atoms with E-state index < -0.39 is 23.3 Å². The van der Waals surface area contributed by atoms with Crippen LogP contribution in [0.5, 0.6) is 17.5 Å². The zero-order valence-electron chi connectivity index (χ0n) is 11.8. The van der Waals surface area contributed by atoms with Crippen molar-refractivity contribution in [2.45, 2.75) is 19.0 Å². The summed E-state index contributed by atoms with van der Waals surface area (Å²) in [5.41, 5.74) is 0. The van der Waals surface area contributed by atoms with E-state index in [1.54, 1.807) is 0 Å². The largest absolute Gasteiger partial charge is 0.573 e. The van der Waals surface area contributed by atoms with Gasteiger partial charge in [-0.05, 0) is 34.2 Å². The minimum atomic E-state index is -4.77. The molecule has 0 fully saturated rings. The molecule has 0 N–H and O–H groups in total. The van der Waals surface area contributed by atoms with Crippen molar-refractivity contribution in [1.82, 2.24) is 14.8 Å². The van der Waals surface area contributed by atoms with Crippen LogP contribution in [0.4, 0.5) is 19.1 Å². The maximum atomic E-state index is 12.1. The summed E-state index contributed by atoms with van der Waals surface area (Å²) in [6, 6.07) is 4.84. The summed E-state index contributed by atoms with van der Waals surface area (Å²) < 4.78 is 51.9. The normalized spacial score (nSPS) is 16.9. The van der Waals surface area contributed by atoms with Crippen molar-refractivity contribution in [2.24, 2.45) is 0 Å². The lowest BCUT2D eigenvalue weighted by molar-refractivity contribution is -0.394. The van der Waals surface area contributed by atoms with Crippen LogP contribution in [0.15, 0.2) is 24.3 Å². The second-order valence-corrected chi connectivity index (χ2v) is 4.70. The molecule has 0 radical (unpaired) electrons. The molecule has 1 aromatic heterocycles. The van der Waals surface area contributed by atoms with Gasteiger partial charge < -0.3 is 24.3 Å². The first kappa shape index (κ1) is 15.8. The summed E-state index contributed by atoms with van der Waals surface area (Å²) in [6.07, 6.45) is -5.30. The van der Waals surface area contributed by atoms with Gasteiger partial charge in [0.15, 0.2) is 6.10 Å². The standard InChI is InChI=1S/C12H9F3N4O5/c13-12(14,15)24-8-3-1-7(2-4-8)23-9-5-18-11(22-6-9)16-10(17-18)19(20)21/h1-4,9H,5-6H2. The topological polar surface area (TPSA) is 102 Å². The molecule has 0 bridgehead atoms. The van der Waals surface area contributed by atoms with Crippen molar-refractivity contribution in [3.63, 3.8) is 0 Å². The lowest BCUT2D eigenvalue weighted by atomic mass is 10.3. The molecule has 12 heteroatoms. The molecule has 0 aliphatic carbocycles. The molecule has 1 aliphatic rings. The van der Waals surface area contributed by atoms with Gasteiger partial charge >= 0.3 is 18.3 Å². The Morgan fingerprint density at radius 3 is 2.58 bits per heavy atom. The van der Waals surface area contributed by atoms with E-state index in [4.69, 9.17) is 9.47 Å². The van der Waals surface area contributed by atoms with E-state index in [2.05, 4.69) is 14.8 Å². The maximum Gasteiger partial charge on any atom is 0.573 e. The number of nitro groups is 1. The van der Waals surface area contributed by atoms with Crippen LogP contribution in [0.2, 0.25) is 0 Å². The molecule has 1 aliphatic heterocycles. The van der Waals surface area contributed by atoms with Gasteiger partial charge in [-0.1, -0.05) is 0 Å². The van der Waals surface area contributed by atoms with Gasteiger partial charge in [0.05, 0.1) is 0 Å². The Kier molecular flexibility index (Phi) is 3.87. The fourth-order valence-electron chi connectivity index (χ4n) is 2.02. The molecule has 24 heavy (non-hydrogen) atoms. The van der Waals surface area contributed by atoms with Crippen molar-refractivity contribution < 1.29 is 32.3 Å². The number of fused-ring (bicyclic) bond motifs is 1. The predicted octanol–water partition coefficient (Wildman–Crippen LogP) is 1.92. The fourth-order valence-corrected chi connectivity index (χ4v) is 2.02. The molecule has 1 atom stereocenters. The molecule has 1 aromatic carbocycles. The minimum Gasteiger partial charge on any atom is -0.485 e. The number of hydrogen-bond donors (Lipinski definition) is 0. The van der Waals surface area contributed by atoms with Crippen LogP contribution in [0.3, 0.4) is 0 Å². The van der Waals surface area contributed by atoms with Gasteiger partial charge in [0, 0.05) is 5.10 Å². The third kappa shape index (κ3) is 3.64. The van der Waals surface area contributed by atoms with Crippen molar-refractivity contribution in [1.29, 1.82) is 0 Å². The Morgan fingerprint density at radius 1 is 1.29 bits per heavy atom. The molecule has 0 saturated carbocycles. The van der Waals surface area contributed by atoms with E-state index in [1.165, 1.54) is 16.8 Å². The SMILES string of the molecule is O=[N+]([O-])c1nc2n(n1)CC(Oc1ccc(OC(F)(F)F)cc1)CO2. The Bertz CT molecular complexity index is 746. The fraction of sp³-hybridized carbons (Fsp3) is 0.333. The van der Waals surface area contributed by atoms with Crippen molar-refractivity contribution in [3.8, 4) is 17.5 Å². The van der Waals surface area contributed by atoms with Gasteiger partial charge in [0.1, 0.15) is 24.7 Å². The first-order valence-electron chi connectivity index (χ1n) is 6.55. The zero-order chi connectivity index (χ0) is 17.3. The summed E-state index contributed by atoms with van der Waals surface area (Å²) in [6.45, 7) is 0.216. The third-order valence-electron chi connectivity index (χ3n) is 2.92. The molecular formula is C12H9F3N4O5. The Hall–Kier alpha value is -3.05. The van der Waals surface area contributed by atoms with Gasteiger partial charge in [0.25, 0.3) is 0 Å². The van der Waals surface area contributed by atoms with Crippen LogP contribution in [0.25, 0.3) is 0 Å². The monoisotopic (exact) mass is 346 g/mol. The Balaban J connectivity index is 1.63.